The third-order valence-electron chi connectivity index (χ3n) is 2.25. The van der Waals surface area contributed by atoms with E-state index in [1.807, 2.05) is 18.2 Å². The van der Waals surface area contributed by atoms with Crippen LogP contribution in [0.25, 0.3) is 0 Å². The van der Waals surface area contributed by atoms with E-state index in [0.717, 1.165) is 11.3 Å². The van der Waals surface area contributed by atoms with Crippen LogP contribution in [-0.2, 0) is 12.3 Å². The molecule has 0 saturated heterocycles. The van der Waals surface area contributed by atoms with Crippen molar-refractivity contribution in [3.8, 4) is 0 Å². The SMILES string of the molecule is O=C(O)N1CSCc2ccccc2C1. The lowest BCUT2D eigenvalue weighted by molar-refractivity contribution is 0.151. The Kier molecular flexibility index (Phi) is 2.63. The molecule has 2 rings (SSSR count). The van der Waals surface area contributed by atoms with Crippen LogP contribution in [0.1, 0.15) is 11.1 Å². The van der Waals surface area contributed by atoms with Crippen LogP contribution in [0.3, 0.4) is 0 Å². The molecule has 74 valence electrons. The van der Waals surface area contributed by atoms with E-state index in [1.165, 1.54) is 10.5 Å². The summed E-state index contributed by atoms with van der Waals surface area (Å²) in [5.74, 6) is 1.46. The molecule has 1 heterocycles. The second-order valence-corrected chi connectivity index (χ2v) is 4.18. The van der Waals surface area contributed by atoms with Gasteiger partial charge < -0.3 is 5.11 Å². The monoisotopic (exact) mass is 209 g/mol. The molecule has 0 radical (unpaired) electrons. The topological polar surface area (TPSA) is 40.5 Å². The number of hydrogen-bond acceptors (Lipinski definition) is 2. The van der Waals surface area contributed by atoms with Crippen molar-refractivity contribution in [1.82, 2.24) is 4.90 Å². The van der Waals surface area contributed by atoms with Gasteiger partial charge in [0.05, 0.1) is 12.4 Å². The first-order valence-electron chi connectivity index (χ1n) is 4.40. The Morgan fingerprint density at radius 3 is 2.79 bits per heavy atom. The van der Waals surface area contributed by atoms with Crippen molar-refractivity contribution in [2.24, 2.45) is 0 Å². The van der Waals surface area contributed by atoms with E-state index in [0.29, 0.717) is 12.4 Å². The Morgan fingerprint density at radius 2 is 2.07 bits per heavy atom. The number of hydrogen-bond donors (Lipinski definition) is 1. The van der Waals surface area contributed by atoms with E-state index in [4.69, 9.17) is 5.11 Å². The predicted octanol–water partition coefficient (Wildman–Crippen LogP) is 2.37. The molecule has 0 spiro atoms. The molecule has 1 aliphatic rings. The van der Waals surface area contributed by atoms with Gasteiger partial charge in [0.15, 0.2) is 0 Å². The molecule has 0 bridgehead atoms. The standard InChI is InChI=1S/C10H11NO2S/c12-10(13)11-5-8-3-1-2-4-9(8)6-14-7-11/h1-4H,5-7H2,(H,12,13). The molecule has 0 aliphatic carbocycles. The molecule has 14 heavy (non-hydrogen) atoms. The summed E-state index contributed by atoms with van der Waals surface area (Å²) in [5.41, 5.74) is 2.38. The molecule has 0 atom stereocenters. The van der Waals surface area contributed by atoms with Crippen LogP contribution in [0.5, 0.6) is 0 Å². The minimum absolute atomic E-state index is 0.512. The minimum atomic E-state index is -0.839. The molecule has 0 saturated carbocycles. The number of nitrogens with zero attached hydrogens (tertiary/aromatic N) is 1. The van der Waals surface area contributed by atoms with Gasteiger partial charge in [-0.1, -0.05) is 24.3 Å². The highest BCUT2D eigenvalue weighted by molar-refractivity contribution is 7.98. The highest BCUT2D eigenvalue weighted by Crippen LogP contribution is 2.23. The van der Waals surface area contributed by atoms with Crippen LogP contribution in [0.4, 0.5) is 4.79 Å². The third-order valence-corrected chi connectivity index (χ3v) is 3.26. The van der Waals surface area contributed by atoms with E-state index < -0.39 is 6.09 Å². The van der Waals surface area contributed by atoms with Gasteiger partial charge in [-0.25, -0.2) is 4.79 Å². The van der Waals surface area contributed by atoms with Gasteiger partial charge in [0.1, 0.15) is 0 Å². The van der Waals surface area contributed by atoms with Gasteiger partial charge in [-0.2, -0.15) is 0 Å². The van der Waals surface area contributed by atoms with E-state index >= 15 is 0 Å². The van der Waals surface area contributed by atoms with Crippen LogP contribution in [-0.4, -0.2) is 22.0 Å². The minimum Gasteiger partial charge on any atom is -0.465 e. The van der Waals surface area contributed by atoms with Crippen molar-refractivity contribution in [2.75, 3.05) is 5.88 Å². The zero-order valence-corrected chi connectivity index (χ0v) is 8.46. The van der Waals surface area contributed by atoms with Crippen LogP contribution in [0.15, 0.2) is 24.3 Å². The molecule has 1 amide bonds. The number of carboxylic acid groups (broad SMARTS) is 1. The normalized spacial score (nSPS) is 15.9. The van der Waals surface area contributed by atoms with Crippen molar-refractivity contribution in [1.29, 1.82) is 0 Å². The summed E-state index contributed by atoms with van der Waals surface area (Å²) in [7, 11) is 0. The lowest BCUT2D eigenvalue weighted by Crippen LogP contribution is -2.27. The zero-order chi connectivity index (χ0) is 9.97. The second-order valence-electron chi connectivity index (χ2n) is 3.23. The maximum Gasteiger partial charge on any atom is 0.408 e. The zero-order valence-electron chi connectivity index (χ0n) is 7.64. The van der Waals surface area contributed by atoms with E-state index in [-0.39, 0.29) is 0 Å². The van der Waals surface area contributed by atoms with Gasteiger partial charge in [-0.05, 0) is 11.1 Å². The average Bonchev–Trinajstić information content (AvgIpc) is 2.39. The lowest BCUT2D eigenvalue weighted by Gasteiger charge is -2.15. The van der Waals surface area contributed by atoms with Gasteiger partial charge in [0, 0.05) is 5.75 Å². The molecule has 4 heteroatoms. The number of thioether (sulfide) groups is 1. The lowest BCUT2D eigenvalue weighted by atomic mass is 10.1. The highest BCUT2D eigenvalue weighted by atomic mass is 32.2. The van der Waals surface area contributed by atoms with Crippen LogP contribution < -0.4 is 0 Å². The Labute approximate surface area is 86.7 Å². The Hall–Kier alpha value is -1.16. The molecular weight excluding hydrogens is 198 g/mol. The Morgan fingerprint density at radius 1 is 1.36 bits per heavy atom. The number of benzene rings is 1. The number of carbonyl (C=O) groups is 1. The second kappa shape index (κ2) is 3.92. The van der Waals surface area contributed by atoms with Gasteiger partial charge in [-0.15, -0.1) is 11.8 Å². The third kappa shape index (κ3) is 1.85. The smallest absolute Gasteiger partial charge is 0.408 e. The molecule has 0 fully saturated rings. The summed E-state index contributed by atoms with van der Waals surface area (Å²) in [6.07, 6.45) is -0.839. The van der Waals surface area contributed by atoms with Crippen molar-refractivity contribution in [3.63, 3.8) is 0 Å². The molecule has 1 aromatic carbocycles. The largest absolute Gasteiger partial charge is 0.465 e. The summed E-state index contributed by atoms with van der Waals surface area (Å²) < 4.78 is 0. The van der Waals surface area contributed by atoms with E-state index in [9.17, 15) is 4.79 Å². The average molecular weight is 209 g/mol. The van der Waals surface area contributed by atoms with E-state index in [1.54, 1.807) is 11.8 Å². The fourth-order valence-corrected chi connectivity index (χ4v) is 2.51. The Bertz CT molecular complexity index is 354. The number of fused-ring (bicyclic) bond motifs is 1. The fourth-order valence-electron chi connectivity index (χ4n) is 1.49. The van der Waals surface area contributed by atoms with Crippen molar-refractivity contribution in [3.05, 3.63) is 35.4 Å². The molecular formula is C10H11NO2S. The number of rotatable bonds is 0. The summed E-state index contributed by atoms with van der Waals surface area (Å²) in [6.45, 7) is 0.512. The maximum absolute atomic E-state index is 10.8. The van der Waals surface area contributed by atoms with Crippen LogP contribution >= 0.6 is 11.8 Å². The van der Waals surface area contributed by atoms with Crippen LogP contribution in [0, 0.1) is 0 Å². The van der Waals surface area contributed by atoms with Crippen molar-refractivity contribution < 1.29 is 9.90 Å². The molecule has 1 aliphatic heterocycles. The van der Waals surface area contributed by atoms with Gasteiger partial charge >= 0.3 is 6.09 Å². The molecule has 1 N–H and O–H groups in total. The van der Waals surface area contributed by atoms with E-state index in [2.05, 4.69) is 6.07 Å². The summed E-state index contributed by atoms with van der Waals surface area (Å²) in [6, 6.07) is 8.01. The fraction of sp³-hybridized carbons (Fsp3) is 0.300. The quantitative estimate of drug-likeness (QED) is 0.713. The van der Waals surface area contributed by atoms with Gasteiger partial charge in [0.25, 0.3) is 0 Å². The predicted molar refractivity (Wildman–Crippen MR) is 56.2 cm³/mol. The van der Waals surface area contributed by atoms with Crippen molar-refractivity contribution in [2.45, 2.75) is 12.3 Å². The Balaban J connectivity index is 2.26. The summed E-state index contributed by atoms with van der Waals surface area (Å²) in [5, 5.41) is 8.90. The van der Waals surface area contributed by atoms with Crippen molar-refractivity contribution >= 4 is 17.9 Å². The number of amides is 1. The maximum atomic E-state index is 10.8. The summed E-state index contributed by atoms with van der Waals surface area (Å²) >= 11 is 1.64. The molecule has 0 aromatic heterocycles. The molecule has 0 unspecified atom stereocenters. The molecule has 3 nitrogen and oxygen atoms in total. The van der Waals surface area contributed by atoms with Gasteiger partial charge in [-0.3, -0.25) is 4.90 Å². The summed E-state index contributed by atoms with van der Waals surface area (Å²) in [4.78, 5) is 12.3. The molecule has 1 aromatic rings. The van der Waals surface area contributed by atoms with Gasteiger partial charge in [0.2, 0.25) is 0 Å². The first kappa shape index (κ1) is 9.40. The first-order chi connectivity index (χ1) is 6.77. The highest BCUT2D eigenvalue weighted by Gasteiger charge is 2.17. The first-order valence-corrected chi connectivity index (χ1v) is 5.55. The van der Waals surface area contributed by atoms with Crippen LogP contribution in [0.2, 0.25) is 0 Å².